The van der Waals surface area contributed by atoms with Crippen molar-refractivity contribution in [1.29, 1.82) is 0 Å². The minimum atomic E-state index is 0.697. The van der Waals surface area contributed by atoms with Gasteiger partial charge in [-0.2, -0.15) is 0 Å². The molecule has 2 aromatic carbocycles. The van der Waals surface area contributed by atoms with E-state index < -0.39 is 0 Å². The van der Waals surface area contributed by atoms with Crippen LogP contribution in [0.1, 0.15) is 24.0 Å². The Morgan fingerprint density at radius 3 is 2.36 bits per heavy atom. The molecular formula is C23H32N4O. The quantitative estimate of drug-likeness (QED) is 0.572. The third-order valence-electron chi connectivity index (χ3n) is 5.36. The Labute approximate surface area is 168 Å². The van der Waals surface area contributed by atoms with E-state index in [2.05, 4.69) is 56.9 Å². The molecule has 1 saturated heterocycles. The van der Waals surface area contributed by atoms with E-state index in [0.717, 1.165) is 44.4 Å². The highest BCUT2D eigenvalue weighted by Gasteiger charge is 2.19. The second-order valence-corrected chi connectivity index (χ2v) is 7.36. The minimum absolute atomic E-state index is 0.697. The normalized spacial score (nSPS) is 16.0. The zero-order valence-electron chi connectivity index (χ0n) is 17.0. The van der Waals surface area contributed by atoms with Crippen molar-refractivity contribution in [2.75, 3.05) is 33.8 Å². The Hall–Kier alpha value is -2.53. The van der Waals surface area contributed by atoms with Crippen LogP contribution in [0, 0.1) is 5.92 Å². The molecule has 0 amide bonds. The van der Waals surface area contributed by atoms with Crippen molar-refractivity contribution >= 4 is 5.96 Å². The summed E-state index contributed by atoms with van der Waals surface area (Å²) in [6.07, 6.45) is 2.44. The second-order valence-electron chi connectivity index (χ2n) is 7.36. The van der Waals surface area contributed by atoms with E-state index in [1.165, 1.54) is 24.0 Å². The first kappa shape index (κ1) is 20.2. The molecular weight excluding hydrogens is 348 g/mol. The van der Waals surface area contributed by atoms with Crippen LogP contribution >= 0.6 is 0 Å². The van der Waals surface area contributed by atoms with Crippen molar-refractivity contribution in [2.45, 2.75) is 25.9 Å². The summed E-state index contributed by atoms with van der Waals surface area (Å²) in [7, 11) is 3.54. The van der Waals surface area contributed by atoms with E-state index in [9.17, 15) is 0 Å². The number of rotatable bonds is 7. The monoisotopic (exact) mass is 380 g/mol. The lowest BCUT2D eigenvalue weighted by Gasteiger charge is -2.32. The predicted molar refractivity (Wildman–Crippen MR) is 116 cm³/mol. The summed E-state index contributed by atoms with van der Waals surface area (Å²) in [5.41, 5.74) is 2.61. The number of aliphatic imine (C=N–C) groups is 1. The van der Waals surface area contributed by atoms with Gasteiger partial charge in [0.15, 0.2) is 5.96 Å². The average Bonchev–Trinajstić information content (AvgIpc) is 2.76. The topological polar surface area (TPSA) is 48.9 Å². The highest BCUT2D eigenvalue weighted by molar-refractivity contribution is 5.79. The molecule has 28 heavy (non-hydrogen) atoms. The van der Waals surface area contributed by atoms with Gasteiger partial charge >= 0.3 is 0 Å². The van der Waals surface area contributed by atoms with Gasteiger partial charge in [0.05, 0.1) is 7.11 Å². The largest absolute Gasteiger partial charge is 0.497 e. The van der Waals surface area contributed by atoms with Crippen LogP contribution in [0.2, 0.25) is 0 Å². The molecule has 0 aliphatic carbocycles. The minimum Gasteiger partial charge on any atom is -0.497 e. The molecule has 0 aromatic heterocycles. The molecule has 150 valence electrons. The summed E-state index contributed by atoms with van der Waals surface area (Å²) in [4.78, 5) is 6.89. The number of methoxy groups -OCH3 is 1. The molecule has 5 heteroatoms. The number of guanidine groups is 1. The van der Waals surface area contributed by atoms with Gasteiger partial charge in [0.25, 0.3) is 0 Å². The molecule has 0 bridgehead atoms. The fraction of sp³-hybridized carbons (Fsp3) is 0.435. The zero-order chi connectivity index (χ0) is 19.6. The highest BCUT2D eigenvalue weighted by atomic mass is 16.5. The SMILES string of the molecule is CN=C(NCc1ccccc1)NCC1CCN(Cc2ccc(OC)cc2)CC1. The number of ether oxygens (including phenoxy) is 1. The maximum absolute atomic E-state index is 5.24. The summed E-state index contributed by atoms with van der Waals surface area (Å²) >= 11 is 0. The fourth-order valence-corrected chi connectivity index (χ4v) is 3.58. The summed E-state index contributed by atoms with van der Waals surface area (Å²) in [6, 6.07) is 18.8. The van der Waals surface area contributed by atoms with E-state index in [1.54, 1.807) is 7.11 Å². The molecule has 3 rings (SSSR count). The van der Waals surface area contributed by atoms with Gasteiger partial charge in [0, 0.05) is 26.7 Å². The van der Waals surface area contributed by atoms with Gasteiger partial charge in [-0.15, -0.1) is 0 Å². The Balaban J connectivity index is 1.36. The highest BCUT2D eigenvalue weighted by Crippen LogP contribution is 2.19. The van der Waals surface area contributed by atoms with Gasteiger partial charge in [-0.25, -0.2) is 0 Å². The summed E-state index contributed by atoms with van der Waals surface area (Å²) < 4.78 is 5.24. The van der Waals surface area contributed by atoms with E-state index in [-0.39, 0.29) is 0 Å². The number of hydrogen-bond donors (Lipinski definition) is 2. The van der Waals surface area contributed by atoms with Crippen molar-refractivity contribution in [3.63, 3.8) is 0 Å². The van der Waals surface area contributed by atoms with E-state index >= 15 is 0 Å². The molecule has 0 radical (unpaired) electrons. The maximum Gasteiger partial charge on any atom is 0.191 e. The Kier molecular flexibility index (Phi) is 7.73. The van der Waals surface area contributed by atoms with Crippen LogP contribution in [0.25, 0.3) is 0 Å². The van der Waals surface area contributed by atoms with Gasteiger partial charge in [-0.3, -0.25) is 9.89 Å². The van der Waals surface area contributed by atoms with Crippen molar-refractivity contribution in [1.82, 2.24) is 15.5 Å². The first-order chi connectivity index (χ1) is 13.8. The molecule has 1 fully saturated rings. The molecule has 2 N–H and O–H groups in total. The predicted octanol–water partition coefficient (Wildman–Crippen LogP) is 3.27. The van der Waals surface area contributed by atoms with Crippen LogP contribution in [0.15, 0.2) is 59.6 Å². The van der Waals surface area contributed by atoms with Crippen molar-refractivity contribution in [3.05, 3.63) is 65.7 Å². The average molecular weight is 381 g/mol. The lowest BCUT2D eigenvalue weighted by atomic mass is 9.96. The van der Waals surface area contributed by atoms with Gasteiger partial charge in [0.1, 0.15) is 5.75 Å². The number of nitrogens with zero attached hydrogens (tertiary/aromatic N) is 2. The van der Waals surface area contributed by atoms with E-state index in [0.29, 0.717) is 5.92 Å². The van der Waals surface area contributed by atoms with Crippen LogP contribution in [0.3, 0.4) is 0 Å². The Bertz CT molecular complexity index is 722. The molecule has 0 atom stereocenters. The summed E-state index contributed by atoms with van der Waals surface area (Å²) in [5.74, 6) is 2.50. The van der Waals surface area contributed by atoms with E-state index in [1.807, 2.05) is 25.2 Å². The maximum atomic E-state index is 5.24. The number of hydrogen-bond acceptors (Lipinski definition) is 3. The van der Waals surface area contributed by atoms with Gasteiger partial charge in [-0.05, 0) is 55.1 Å². The number of benzene rings is 2. The number of piperidine rings is 1. The first-order valence-corrected chi connectivity index (χ1v) is 10.1. The smallest absolute Gasteiger partial charge is 0.191 e. The lowest BCUT2D eigenvalue weighted by molar-refractivity contribution is 0.178. The van der Waals surface area contributed by atoms with Crippen LogP contribution < -0.4 is 15.4 Å². The zero-order valence-corrected chi connectivity index (χ0v) is 17.0. The summed E-state index contributed by atoms with van der Waals surface area (Å²) in [6.45, 7) is 5.08. The molecule has 1 aliphatic heterocycles. The Morgan fingerprint density at radius 2 is 1.71 bits per heavy atom. The van der Waals surface area contributed by atoms with Crippen molar-refractivity contribution < 1.29 is 4.74 Å². The third kappa shape index (κ3) is 6.27. The Morgan fingerprint density at radius 1 is 1.00 bits per heavy atom. The van der Waals surface area contributed by atoms with Gasteiger partial charge in [0.2, 0.25) is 0 Å². The summed E-state index contributed by atoms with van der Waals surface area (Å²) in [5, 5.41) is 6.89. The lowest BCUT2D eigenvalue weighted by Crippen LogP contribution is -2.42. The molecule has 0 saturated carbocycles. The van der Waals surface area contributed by atoms with Crippen molar-refractivity contribution in [2.24, 2.45) is 10.9 Å². The van der Waals surface area contributed by atoms with Gasteiger partial charge < -0.3 is 15.4 Å². The standard InChI is InChI=1S/C23H32N4O/c1-24-23(25-16-19-6-4-3-5-7-19)26-17-20-12-14-27(15-13-20)18-21-8-10-22(28-2)11-9-21/h3-11,20H,12-18H2,1-2H3,(H2,24,25,26). The first-order valence-electron chi connectivity index (χ1n) is 10.1. The van der Waals surface area contributed by atoms with Crippen LogP contribution in [0.4, 0.5) is 0 Å². The third-order valence-corrected chi connectivity index (χ3v) is 5.36. The molecule has 0 unspecified atom stereocenters. The number of likely N-dealkylation sites (tertiary alicyclic amines) is 1. The molecule has 5 nitrogen and oxygen atoms in total. The molecule has 2 aromatic rings. The van der Waals surface area contributed by atoms with Crippen LogP contribution in [-0.2, 0) is 13.1 Å². The van der Waals surface area contributed by atoms with Crippen molar-refractivity contribution in [3.8, 4) is 5.75 Å². The van der Waals surface area contributed by atoms with E-state index in [4.69, 9.17) is 4.74 Å². The molecule has 1 heterocycles. The molecule has 0 spiro atoms. The fourth-order valence-electron chi connectivity index (χ4n) is 3.58. The second kappa shape index (κ2) is 10.7. The van der Waals surface area contributed by atoms with Crippen LogP contribution in [-0.4, -0.2) is 44.7 Å². The molecule has 1 aliphatic rings. The number of nitrogens with one attached hydrogen (secondary N) is 2. The van der Waals surface area contributed by atoms with Crippen LogP contribution in [0.5, 0.6) is 5.75 Å². The van der Waals surface area contributed by atoms with Gasteiger partial charge in [-0.1, -0.05) is 42.5 Å².